The maximum Gasteiger partial charge on any atom is 0.416 e. The molecule has 0 amide bonds. The number of benzene rings is 1. The number of alkyl halides is 3. The molecule has 1 aliphatic rings. The average molecular weight is 326 g/mol. The molecule has 4 nitrogen and oxygen atoms in total. The third-order valence-electron chi connectivity index (χ3n) is 3.21. The van der Waals surface area contributed by atoms with Crippen LogP contribution in [0.3, 0.4) is 0 Å². The average Bonchev–Trinajstić information content (AvgIpc) is 2.38. The lowest BCUT2D eigenvalue weighted by molar-refractivity contribution is -0.137. The number of halogens is 4. The fourth-order valence-corrected chi connectivity index (χ4v) is 3.52. The minimum atomic E-state index is -4.73. The van der Waals surface area contributed by atoms with Gasteiger partial charge in [-0.2, -0.15) is 13.2 Å². The van der Waals surface area contributed by atoms with Crippen LogP contribution in [0.25, 0.3) is 0 Å². The van der Waals surface area contributed by atoms with E-state index < -0.39 is 38.5 Å². The number of hydrogen-bond acceptors (Lipinski definition) is 3. The largest absolute Gasteiger partial charge is 0.416 e. The number of piperidine rings is 1. The van der Waals surface area contributed by atoms with Gasteiger partial charge in [0.15, 0.2) is 0 Å². The number of hydrogen-bond donors (Lipinski definition) is 2. The second-order valence-corrected chi connectivity index (χ2v) is 6.47. The first-order valence-corrected chi connectivity index (χ1v) is 7.78. The van der Waals surface area contributed by atoms with Crippen LogP contribution < -0.4 is 10.0 Å². The van der Waals surface area contributed by atoms with Crippen LogP contribution >= 0.6 is 0 Å². The van der Waals surface area contributed by atoms with E-state index in [9.17, 15) is 26.0 Å². The van der Waals surface area contributed by atoms with Crippen molar-refractivity contribution in [1.29, 1.82) is 0 Å². The summed E-state index contributed by atoms with van der Waals surface area (Å²) in [7, 11) is -4.33. The lowest BCUT2D eigenvalue weighted by Crippen LogP contribution is -2.42. The van der Waals surface area contributed by atoms with Crippen molar-refractivity contribution in [3.05, 3.63) is 29.6 Å². The molecule has 0 aliphatic carbocycles. The van der Waals surface area contributed by atoms with E-state index in [1.807, 2.05) is 0 Å². The molecule has 9 heteroatoms. The second-order valence-electron chi connectivity index (χ2n) is 4.79. The zero-order chi connectivity index (χ0) is 15.7. The van der Waals surface area contributed by atoms with Crippen molar-refractivity contribution in [2.75, 3.05) is 13.1 Å². The maximum atomic E-state index is 13.6. The van der Waals surface area contributed by atoms with Crippen LogP contribution in [0.15, 0.2) is 23.1 Å². The van der Waals surface area contributed by atoms with Gasteiger partial charge in [-0.25, -0.2) is 17.5 Å². The van der Waals surface area contributed by atoms with Gasteiger partial charge in [0.2, 0.25) is 10.0 Å². The van der Waals surface area contributed by atoms with Gasteiger partial charge in [0.1, 0.15) is 10.7 Å². The lowest BCUT2D eigenvalue weighted by atomic mass is 10.1. The summed E-state index contributed by atoms with van der Waals surface area (Å²) in [6, 6.07) is 0.933. The quantitative estimate of drug-likeness (QED) is 0.834. The van der Waals surface area contributed by atoms with Crippen LogP contribution in [-0.2, 0) is 16.2 Å². The molecule has 0 atom stereocenters. The summed E-state index contributed by atoms with van der Waals surface area (Å²) in [4.78, 5) is -0.976. The molecule has 0 saturated carbocycles. The molecule has 0 aromatic heterocycles. The Labute approximate surface area is 119 Å². The van der Waals surface area contributed by atoms with Crippen molar-refractivity contribution < 1.29 is 26.0 Å². The third-order valence-corrected chi connectivity index (χ3v) is 4.74. The summed E-state index contributed by atoms with van der Waals surface area (Å²) in [5, 5.41) is 3.02. The van der Waals surface area contributed by atoms with E-state index in [4.69, 9.17) is 0 Å². The minimum absolute atomic E-state index is 0.318. The third kappa shape index (κ3) is 3.92. The highest BCUT2D eigenvalue weighted by Crippen LogP contribution is 2.31. The number of rotatable bonds is 3. The van der Waals surface area contributed by atoms with Gasteiger partial charge in [0.25, 0.3) is 0 Å². The van der Waals surface area contributed by atoms with Gasteiger partial charge in [0, 0.05) is 6.04 Å². The normalized spacial score (nSPS) is 17.9. The monoisotopic (exact) mass is 326 g/mol. The summed E-state index contributed by atoms with van der Waals surface area (Å²) >= 11 is 0. The number of sulfonamides is 1. The molecular formula is C12H14F4N2O2S. The molecule has 21 heavy (non-hydrogen) atoms. The van der Waals surface area contributed by atoms with Gasteiger partial charge in [-0.15, -0.1) is 0 Å². The van der Waals surface area contributed by atoms with E-state index >= 15 is 0 Å². The first kappa shape index (κ1) is 16.2. The maximum absolute atomic E-state index is 13.6. The van der Waals surface area contributed by atoms with Gasteiger partial charge in [-0.05, 0) is 44.1 Å². The van der Waals surface area contributed by atoms with Crippen LogP contribution in [0, 0.1) is 5.82 Å². The molecular weight excluding hydrogens is 312 g/mol. The Morgan fingerprint density at radius 2 is 1.81 bits per heavy atom. The summed E-state index contributed by atoms with van der Waals surface area (Å²) in [6.45, 7) is 1.19. The number of nitrogens with one attached hydrogen (secondary N) is 2. The van der Waals surface area contributed by atoms with Crippen molar-refractivity contribution in [2.24, 2.45) is 0 Å². The van der Waals surface area contributed by atoms with Crippen LogP contribution in [0.5, 0.6) is 0 Å². The first-order chi connectivity index (χ1) is 9.70. The Morgan fingerprint density at radius 1 is 1.19 bits per heavy atom. The van der Waals surface area contributed by atoms with Crippen molar-refractivity contribution in [2.45, 2.75) is 30.0 Å². The van der Waals surface area contributed by atoms with Gasteiger partial charge in [-0.1, -0.05) is 0 Å². The van der Waals surface area contributed by atoms with Crippen LogP contribution in [0.4, 0.5) is 17.6 Å². The molecule has 0 radical (unpaired) electrons. The Morgan fingerprint density at radius 3 is 2.38 bits per heavy atom. The molecule has 1 saturated heterocycles. The van der Waals surface area contributed by atoms with Crippen LogP contribution in [0.2, 0.25) is 0 Å². The fraction of sp³-hybridized carbons (Fsp3) is 0.500. The van der Waals surface area contributed by atoms with Crippen LogP contribution in [0.1, 0.15) is 18.4 Å². The van der Waals surface area contributed by atoms with E-state index in [1.54, 1.807) is 0 Å². The lowest BCUT2D eigenvalue weighted by Gasteiger charge is -2.23. The zero-order valence-electron chi connectivity index (χ0n) is 10.9. The van der Waals surface area contributed by atoms with Crippen molar-refractivity contribution in [3.8, 4) is 0 Å². The fourth-order valence-electron chi connectivity index (χ4n) is 2.11. The van der Waals surface area contributed by atoms with Crippen molar-refractivity contribution >= 4 is 10.0 Å². The van der Waals surface area contributed by atoms with Crippen LogP contribution in [-0.4, -0.2) is 27.5 Å². The van der Waals surface area contributed by atoms with Gasteiger partial charge in [-0.3, -0.25) is 0 Å². The molecule has 118 valence electrons. The highest BCUT2D eigenvalue weighted by atomic mass is 32.2. The molecule has 2 rings (SSSR count). The predicted molar refractivity (Wildman–Crippen MR) is 67.6 cm³/mol. The highest BCUT2D eigenvalue weighted by molar-refractivity contribution is 7.89. The molecule has 1 heterocycles. The second kappa shape index (κ2) is 5.90. The van der Waals surface area contributed by atoms with Gasteiger partial charge < -0.3 is 5.32 Å². The molecule has 0 spiro atoms. The zero-order valence-corrected chi connectivity index (χ0v) is 11.7. The van der Waals surface area contributed by atoms with Crippen molar-refractivity contribution in [1.82, 2.24) is 10.0 Å². The molecule has 0 unspecified atom stereocenters. The Hall–Kier alpha value is -1.19. The first-order valence-electron chi connectivity index (χ1n) is 6.30. The predicted octanol–water partition coefficient (Wildman–Crippen LogP) is 1.87. The Bertz CT molecular complexity index is 610. The summed E-state index contributed by atoms with van der Waals surface area (Å²) in [6.07, 6.45) is -3.73. The van der Waals surface area contributed by atoms with Gasteiger partial charge >= 0.3 is 6.18 Å². The summed E-state index contributed by atoms with van der Waals surface area (Å²) < 4.78 is 77.8. The van der Waals surface area contributed by atoms with E-state index in [2.05, 4.69) is 10.0 Å². The van der Waals surface area contributed by atoms with E-state index in [0.717, 1.165) is 0 Å². The highest BCUT2D eigenvalue weighted by Gasteiger charge is 2.33. The molecule has 0 bridgehead atoms. The van der Waals surface area contributed by atoms with Crippen molar-refractivity contribution in [3.63, 3.8) is 0 Å². The molecule has 1 aromatic carbocycles. The van der Waals surface area contributed by atoms with E-state index in [-0.39, 0.29) is 0 Å². The molecule has 2 N–H and O–H groups in total. The minimum Gasteiger partial charge on any atom is -0.317 e. The standard InChI is InChI=1S/C12H14F4N2O2S/c13-10-2-1-8(12(14,15)16)7-11(10)21(19,20)18-9-3-5-17-6-4-9/h1-2,7,9,17-18H,3-6H2. The van der Waals surface area contributed by atoms with Gasteiger partial charge in [0.05, 0.1) is 5.56 Å². The Balaban J connectivity index is 2.30. The van der Waals surface area contributed by atoms with E-state index in [1.165, 1.54) is 0 Å². The molecule has 1 aromatic rings. The molecule has 1 aliphatic heterocycles. The molecule has 1 fully saturated rings. The Kier molecular flexibility index (Phi) is 4.54. The SMILES string of the molecule is O=S(=O)(NC1CCNCC1)c1cc(C(F)(F)F)ccc1F. The summed E-state index contributed by atoms with van der Waals surface area (Å²) in [5.74, 6) is -1.20. The summed E-state index contributed by atoms with van der Waals surface area (Å²) in [5.41, 5.74) is -1.20. The smallest absolute Gasteiger partial charge is 0.317 e. The van der Waals surface area contributed by atoms with E-state index in [0.29, 0.717) is 44.1 Å². The topological polar surface area (TPSA) is 58.2 Å².